The number of thiophene rings is 1. The van der Waals surface area contributed by atoms with Crippen LogP contribution in [-0.2, 0) is 16.0 Å². The highest BCUT2D eigenvalue weighted by Gasteiger charge is 2.32. The lowest BCUT2D eigenvalue weighted by atomic mass is 9.98. The number of aromatic nitrogens is 2. The maximum atomic E-state index is 13.0. The molecule has 0 bridgehead atoms. The van der Waals surface area contributed by atoms with E-state index in [1.165, 1.54) is 0 Å². The number of hydrogen-bond acceptors (Lipinski definition) is 5. The van der Waals surface area contributed by atoms with Gasteiger partial charge >= 0.3 is 5.97 Å². The van der Waals surface area contributed by atoms with Crippen molar-refractivity contribution in [1.29, 1.82) is 0 Å². The van der Waals surface area contributed by atoms with Gasteiger partial charge in [0.05, 0.1) is 10.4 Å². The molecule has 1 aliphatic heterocycles. The maximum absolute atomic E-state index is 13.0. The van der Waals surface area contributed by atoms with Gasteiger partial charge in [0, 0.05) is 12.6 Å². The van der Waals surface area contributed by atoms with Crippen molar-refractivity contribution in [2.75, 3.05) is 5.32 Å². The summed E-state index contributed by atoms with van der Waals surface area (Å²) in [6, 6.07) is 15.0. The van der Waals surface area contributed by atoms with Crippen LogP contribution < -0.4 is 5.32 Å². The van der Waals surface area contributed by atoms with E-state index in [4.69, 9.17) is 9.72 Å². The molecular weight excluding hydrogens is 386 g/mol. The van der Waals surface area contributed by atoms with Gasteiger partial charge in [-0.25, -0.2) is 9.78 Å². The predicted molar refractivity (Wildman–Crippen MR) is 111 cm³/mol. The van der Waals surface area contributed by atoms with Gasteiger partial charge in [-0.15, -0.1) is 11.3 Å². The number of aryl methyl sites for hydroxylation is 1. The third-order valence-corrected chi connectivity index (χ3v) is 5.84. The first-order chi connectivity index (χ1) is 14.1. The van der Waals surface area contributed by atoms with Crippen LogP contribution in [0, 0.1) is 6.92 Å². The molecule has 0 spiro atoms. The van der Waals surface area contributed by atoms with E-state index in [-0.39, 0.29) is 5.91 Å². The Bertz CT molecular complexity index is 1240. The zero-order valence-electron chi connectivity index (χ0n) is 15.6. The number of fused-ring (bicyclic) bond motifs is 2. The van der Waals surface area contributed by atoms with Gasteiger partial charge < -0.3 is 10.1 Å². The summed E-state index contributed by atoms with van der Waals surface area (Å²) in [6.07, 6.45) is 1.34. The monoisotopic (exact) mass is 403 g/mol. The van der Waals surface area contributed by atoms with Crippen LogP contribution in [0.1, 0.15) is 21.5 Å². The molecule has 1 aliphatic rings. The zero-order valence-corrected chi connectivity index (χ0v) is 16.4. The van der Waals surface area contributed by atoms with E-state index in [2.05, 4.69) is 5.32 Å². The smallest absolute Gasteiger partial charge is 0.339 e. The molecule has 0 saturated heterocycles. The Morgan fingerprint density at radius 1 is 1.24 bits per heavy atom. The van der Waals surface area contributed by atoms with Crippen LogP contribution in [0.25, 0.3) is 16.2 Å². The minimum atomic E-state index is -0.885. The average molecular weight is 403 g/mol. The number of amides is 1. The predicted octanol–water partition coefficient (Wildman–Crippen LogP) is 4.09. The van der Waals surface area contributed by atoms with Crippen LogP contribution in [0.4, 0.5) is 5.82 Å². The van der Waals surface area contributed by atoms with Crippen molar-refractivity contribution in [3.8, 4) is 10.6 Å². The van der Waals surface area contributed by atoms with E-state index in [1.54, 1.807) is 23.5 Å². The van der Waals surface area contributed by atoms with Crippen LogP contribution in [0.3, 0.4) is 0 Å². The van der Waals surface area contributed by atoms with E-state index in [0.717, 1.165) is 21.7 Å². The van der Waals surface area contributed by atoms with E-state index in [1.807, 2.05) is 59.3 Å². The zero-order chi connectivity index (χ0) is 20.0. The Labute approximate surface area is 170 Å². The molecule has 1 amide bonds. The van der Waals surface area contributed by atoms with E-state index >= 15 is 0 Å². The summed E-state index contributed by atoms with van der Waals surface area (Å²) in [4.78, 5) is 31.0. The molecule has 0 aliphatic carbocycles. The number of benzene rings is 1. The van der Waals surface area contributed by atoms with Crippen molar-refractivity contribution in [1.82, 2.24) is 9.38 Å². The molecule has 4 heterocycles. The van der Waals surface area contributed by atoms with Gasteiger partial charge in [-0.2, -0.15) is 0 Å². The number of pyridine rings is 1. The van der Waals surface area contributed by atoms with Gasteiger partial charge in [-0.3, -0.25) is 9.20 Å². The number of nitrogens with zero attached hydrogens (tertiary/aromatic N) is 2. The average Bonchev–Trinajstić information content (AvgIpc) is 3.36. The fraction of sp³-hybridized carbons (Fsp3) is 0.136. The van der Waals surface area contributed by atoms with Crippen LogP contribution in [0.5, 0.6) is 0 Å². The second-order valence-electron chi connectivity index (χ2n) is 6.96. The third kappa shape index (κ3) is 3.09. The SMILES string of the molecule is Cc1ccn2c(NC(=O)C3Cc4ccccc4C(=O)O3)c(-c3cccs3)nc2c1. The molecule has 1 unspecified atom stereocenters. The van der Waals surface area contributed by atoms with Crippen molar-refractivity contribution in [2.24, 2.45) is 0 Å². The molecule has 0 fully saturated rings. The Morgan fingerprint density at radius 3 is 2.93 bits per heavy atom. The number of hydrogen-bond donors (Lipinski definition) is 1. The molecule has 29 heavy (non-hydrogen) atoms. The number of imidazole rings is 1. The van der Waals surface area contributed by atoms with Gasteiger partial charge in [0.1, 0.15) is 17.2 Å². The highest BCUT2D eigenvalue weighted by atomic mass is 32.1. The van der Waals surface area contributed by atoms with Crippen LogP contribution in [-0.4, -0.2) is 27.4 Å². The van der Waals surface area contributed by atoms with Crippen molar-refractivity contribution in [3.05, 3.63) is 76.8 Å². The highest BCUT2D eigenvalue weighted by molar-refractivity contribution is 7.13. The van der Waals surface area contributed by atoms with Crippen LogP contribution in [0.15, 0.2) is 60.1 Å². The van der Waals surface area contributed by atoms with Gasteiger partial charge in [-0.05, 0) is 47.7 Å². The molecule has 0 saturated carbocycles. The second kappa shape index (κ2) is 6.86. The first-order valence-electron chi connectivity index (χ1n) is 9.22. The summed E-state index contributed by atoms with van der Waals surface area (Å²) >= 11 is 1.55. The number of carbonyl (C=O) groups is 2. The largest absolute Gasteiger partial charge is 0.448 e. The van der Waals surface area contributed by atoms with Crippen molar-refractivity contribution >= 4 is 34.7 Å². The van der Waals surface area contributed by atoms with Crippen LogP contribution >= 0.6 is 11.3 Å². The van der Waals surface area contributed by atoms with Crippen molar-refractivity contribution in [3.63, 3.8) is 0 Å². The highest BCUT2D eigenvalue weighted by Crippen LogP contribution is 2.32. The minimum absolute atomic E-state index is 0.345. The molecule has 6 nitrogen and oxygen atoms in total. The Balaban J connectivity index is 1.51. The van der Waals surface area contributed by atoms with E-state index in [0.29, 0.717) is 23.5 Å². The molecule has 3 aromatic heterocycles. The summed E-state index contributed by atoms with van der Waals surface area (Å²) in [5.41, 5.74) is 3.85. The number of esters is 1. The van der Waals surface area contributed by atoms with Crippen LogP contribution in [0.2, 0.25) is 0 Å². The Kier molecular flexibility index (Phi) is 4.17. The fourth-order valence-electron chi connectivity index (χ4n) is 3.53. The maximum Gasteiger partial charge on any atom is 0.339 e. The van der Waals surface area contributed by atoms with Gasteiger partial charge in [0.2, 0.25) is 0 Å². The number of rotatable bonds is 3. The summed E-state index contributed by atoms with van der Waals surface area (Å²) < 4.78 is 7.25. The lowest BCUT2D eigenvalue weighted by Crippen LogP contribution is -2.38. The lowest BCUT2D eigenvalue weighted by Gasteiger charge is -2.23. The topological polar surface area (TPSA) is 72.7 Å². The normalized spacial score (nSPS) is 15.8. The fourth-order valence-corrected chi connectivity index (χ4v) is 4.24. The second-order valence-corrected chi connectivity index (χ2v) is 7.91. The molecule has 7 heteroatoms. The lowest BCUT2D eigenvalue weighted by molar-refractivity contribution is -0.125. The summed E-state index contributed by atoms with van der Waals surface area (Å²) in [5, 5.41) is 4.92. The summed E-state index contributed by atoms with van der Waals surface area (Å²) in [5.74, 6) is -0.269. The van der Waals surface area contributed by atoms with Crippen molar-refractivity contribution < 1.29 is 14.3 Å². The molecular formula is C22H17N3O3S. The standard InChI is InChI=1S/C22H17N3O3S/c1-13-8-9-25-18(11-13)23-19(17-7-4-10-29-17)20(25)24-21(26)16-12-14-5-2-3-6-15(14)22(27)28-16/h2-11,16H,12H2,1H3,(H,24,26). The first-order valence-corrected chi connectivity index (χ1v) is 10.1. The number of anilines is 1. The minimum Gasteiger partial charge on any atom is -0.448 e. The Morgan fingerprint density at radius 2 is 2.10 bits per heavy atom. The van der Waals surface area contributed by atoms with Crippen molar-refractivity contribution in [2.45, 2.75) is 19.4 Å². The quantitative estimate of drug-likeness (QED) is 0.523. The Hall–Kier alpha value is -3.45. The molecule has 1 N–H and O–H groups in total. The third-order valence-electron chi connectivity index (χ3n) is 4.96. The summed E-state index contributed by atoms with van der Waals surface area (Å²) in [7, 11) is 0. The molecule has 4 aromatic rings. The van der Waals surface area contributed by atoms with E-state index < -0.39 is 12.1 Å². The van der Waals surface area contributed by atoms with E-state index in [9.17, 15) is 9.59 Å². The number of nitrogens with one attached hydrogen (secondary N) is 1. The van der Waals surface area contributed by atoms with Gasteiger partial charge in [0.15, 0.2) is 6.10 Å². The molecule has 0 radical (unpaired) electrons. The van der Waals surface area contributed by atoms with Gasteiger partial charge in [-0.1, -0.05) is 24.3 Å². The molecule has 5 rings (SSSR count). The molecule has 1 atom stereocenters. The molecule has 144 valence electrons. The summed E-state index contributed by atoms with van der Waals surface area (Å²) in [6.45, 7) is 2.00. The number of carbonyl (C=O) groups excluding carboxylic acids is 2. The van der Waals surface area contributed by atoms with Gasteiger partial charge in [0.25, 0.3) is 5.91 Å². The first kappa shape index (κ1) is 17.6. The number of cyclic esters (lactones) is 1. The molecule has 1 aromatic carbocycles. The number of ether oxygens (including phenoxy) is 1.